The van der Waals surface area contributed by atoms with Gasteiger partial charge in [0, 0.05) is 17.4 Å². The van der Waals surface area contributed by atoms with Gasteiger partial charge in [0.05, 0.1) is 18.9 Å². The average Bonchev–Trinajstić information content (AvgIpc) is 2.71. The van der Waals surface area contributed by atoms with Crippen molar-refractivity contribution >= 4 is 21.6 Å². The van der Waals surface area contributed by atoms with Gasteiger partial charge in [-0.3, -0.25) is 0 Å². The van der Waals surface area contributed by atoms with Gasteiger partial charge in [-0.15, -0.1) is 0 Å². The van der Waals surface area contributed by atoms with E-state index in [1.54, 1.807) is 12.1 Å². The molecule has 0 radical (unpaired) electrons. The van der Waals surface area contributed by atoms with E-state index < -0.39 is 0 Å². The summed E-state index contributed by atoms with van der Waals surface area (Å²) >= 11 is 3.24. The molecule has 0 aromatic heterocycles. The number of nitrogens with one attached hydrogen (secondary N) is 1. The number of rotatable bonds is 3. The Balaban J connectivity index is 1.72. The van der Waals surface area contributed by atoms with Gasteiger partial charge in [0.25, 0.3) is 0 Å². The third kappa shape index (κ3) is 3.47. The molecule has 21 heavy (non-hydrogen) atoms. The molecule has 3 rings (SSSR count). The number of ether oxygens (including phenoxy) is 2. The van der Waals surface area contributed by atoms with Crippen LogP contribution in [-0.2, 0) is 6.54 Å². The predicted octanol–water partition coefficient (Wildman–Crippen LogP) is 4.36. The van der Waals surface area contributed by atoms with Gasteiger partial charge < -0.3 is 14.8 Å². The zero-order valence-corrected chi connectivity index (χ0v) is 13.0. The molecule has 2 aromatic carbocycles. The summed E-state index contributed by atoms with van der Waals surface area (Å²) in [6.45, 7) is 1.86. The monoisotopic (exact) mass is 351 g/mol. The molecule has 5 heteroatoms. The van der Waals surface area contributed by atoms with Crippen molar-refractivity contribution in [3.63, 3.8) is 0 Å². The molecule has 1 aliphatic heterocycles. The largest absolute Gasteiger partial charge is 0.490 e. The summed E-state index contributed by atoms with van der Waals surface area (Å²) < 4.78 is 25.7. The molecular formula is C16H15BrFNO2. The lowest BCUT2D eigenvalue weighted by Gasteiger charge is -2.11. The minimum Gasteiger partial charge on any atom is -0.490 e. The van der Waals surface area contributed by atoms with E-state index in [0.29, 0.717) is 25.4 Å². The molecule has 0 saturated heterocycles. The van der Waals surface area contributed by atoms with Gasteiger partial charge in [0.15, 0.2) is 11.5 Å². The lowest BCUT2D eigenvalue weighted by Crippen LogP contribution is -2.02. The first-order valence-corrected chi connectivity index (χ1v) is 7.59. The molecule has 0 unspecified atom stereocenters. The Labute approximate surface area is 131 Å². The summed E-state index contributed by atoms with van der Waals surface area (Å²) in [7, 11) is 0. The molecule has 0 spiro atoms. The van der Waals surface area contributed by atoms with Gasteiger partial charge >= 0.3 is 0 Å². The molecule has 0 atom stereocenters. The Bertz CT molecular complexity index is 648. The van der Waals surface area contributed by atoms with Crippen molar-refractivity contribution in [1.82, 2.24) is 0 Å². The number of hydrogen-bond acceptors (Lipinski definition) is 3. The Morgan fingerprint density at radius 1 is 1.05 bits per heavy atom. The van der Waals surface area contributed by atoms with Crippen LogP contribution in [0.25, 0.3) is 0 Å². The standard InChI is InChI=1S/C16H15BrFNO2/c17-12-3-4-14(13(18)9-12)19-10-11-2-5-15-16(8-11)21-7-1-6-20-15/h2-5,8-9,19H,1,6-7,10H2. The number of hydrogen-bond donors (Lipinski definition) is 1. The van der Waals surface area contributed by atoms with Crippen molar-refractivity contribution in [2.24, 2.45) is 0 Å². The fourth-order valence-electron chi connectivity index (χ4n) is 2.15. The molecule has 110 valence electrons. The quantitative estimate of drug-likeness (QED) is 0.890. The van der Waals surface area contributed by atoms with Crippen LogP contribution in [0.2, 0.25) is 0 Å². The van der Waals surface area contributed by atoms with Crippen LogP contribution in [-0.4, -0.2) is 13.2 Å². The van der Waals surface area contributed by atoms with Crippen molar-refractivity contribution < 1.29 is 13.9 Å². The van der Waals surface area contributed by atoms with Crippen molar-refractivity contribution in [3.05, 3.63) is 52.3 Å². The highest BCUT2D eigenvalue weighted by Gasteiger charge is 2.11. The molecule has 0 amide bonds. The Morgan fingerprint density at radius 2 is 1.86 bits per heavy atom. The van der Waals surface area contributed by atoms with Gasteiger partial charge in [0.2, 0.25) is 0 Å². The van der Waals surface area contributed by atoms with E-state index in [2.05, 4.69) is 21.2 Å². The first-order valence-electron chi connectivity index (χ1n) is 6.80. The van der Waals surface area contributed by atoms with Gasteiger partial charge in [-0.1, -0.05) is 22.0 Å². The Kier molecular flexibility index (Phi) is 4.29. The highest BCUT2D eigenvalue weighted by Crippen LogP contribution is 2.30. The maximum Gasteiger partial charge on any atom is 0.161 e. The van der Waals surface area contributed by atoms with Crippen LogP contribution in [0.3, 0.4) is 0 Å². The second kappa shape index (κ2) is 6.35. The second-order valence-corrected chi connectivity index (χ2v) is 5.72. The molecule has 1 aliphatic rings. The maximum atomic E-state index is 13.7. The van der Waals surface area contributed by atoms with Crippen molar-refractivity contribution in [2.75, 3.05) is 18.5 Å². The van der Waals surface area contributed by atoms with Crippen LogP contribution in [0.4, 0.5) is 10.1 Å². The molecule has 1 heterocycles. The SMILES string of the molecule is Fc1cc(Br)ccc1NCc1ccc2c(c1)OCCCO2. The highest BCUT2D eigenvalue weighted by molar-refractivity contribution is 9.10. The fourth-order valence-corrected chi connectivity index (χ4v) is 2.48. The zero-order valence-electron chi connectivity index (χ0n) is 11.4. The summed E-state index contributed by atoms with van der Waals surface area (Å²) in [6.07, 6.45) is 0.881. The number of halogens is 2. The summed E-state index contributed by atoms with van der Waals surface area (Å²) in [5, 5.41) is 3.09. The van der Waals surface area contributed by atoms with Crippen LogP contribution < -0.4 is 14.8 Å². The van der Waals surface area contributed by atoms with Crippen molar-refractivity contribution in [2.45, 2.75) is 13.0 Å². The lowest BCUT2D eigenvalue weighted by atomic mass is 10.2. The van der Waals surface area contributed by atoms with Crippen LogP contribution >= 0.6 is 15.9 Å². The summed E-state index contributed by atoms with van der Waals surface area (Å²) in [5.74, 6) is 1.24. The van der Waals surface area contributed by atoms with E-state index in [-0.39, 0.29) is 5.82 Å². The molecule has 0 aliphatic carbocycles. The summed E-state index contributed by atoms with van der Waals surface area (Å²) in [5.41, 5.74) is 1.49. The molecule has 0 fully saturated rings. The van der Waals surface area contributed by atoms with Crippen LogP contribution in [0.5, 0.6) is 11.5 Å². The molecule has 3 nitrogen and oxygen atoms in total. The second-order valence-electron chi connectivity index (χ2n) is 4.81. The molecule has 2 aromatic rings. The van der Waals surface area contributed by atoms with E-state index >= 15 is 0 Å². The zero-order chi connectivity index (χ0) is 14.7. The summed E-state index contributed by atoms with van der Waals surface area (Å²) in [4.78, 5) is 0. The molecular weight excluding hydrogens is 337 g/mol. The molecule has 0 saturated carbocycles. The van der Waals surface area contributed by atoms with E-state index in [1.807, 2.05) is 18.2 Å². The van der Waals surface area contributed by atoms with E-state index in [9.17, 15) is 4.39 Å². The molecule has 0 bridgehead atoms. The summed E-state index contributed by atoms with van der Waals surface area (Å²) in [6, 6.07) is 10.7. The normalized spacial score (nSPS) is 13.6. The number of anilines is 1. The number of benzene rings is 2. The smallest absolute Gasteiger partial charge is 0.161 e. The van der Waals surface area contributed by atoms with E-state index in [4.69, 9.17) is 9.47 Å². The van der Waals surface area contributed by atoms with Gasteiger partial charge in [0.1, 0.15) is 5.82 Å². The van der Waals surface area contributed by atoms with Crippen LogP contribution in [0.15, 0.2) is 40.9 Å². The third-order valence-electron chi connectivity index (χ3n) is 3.23. The Hall–Kier alpha value is -1.75. The number of fused-ring (bicyclic) bond motifs is 1. The highest BCUT2D eigenvalue weighted by atomic mass is 79.9. The third-order valence-corrected chi connectivity index (χ3v) is 3.72. The fraction of sp³-hybridized carbons (Fsp3) is 0.250. The Morgan fingerprint density at radius 3 is 2.67 bits per heavy atom. The van der Waals surface area contributed by atoms with Gasteiger partial charge in [-0.2, -0.15) is 0 Å². The molecule has 1 N–H and O–H groups in total. The first kappa shape index (κ1) is 14.2. The van der Waals surface area contributed by atoms with Crippen molar-refractivity contribution in [3.8, 4) is 11.5 Å². The van der Waals surface area contributed by atoms with E-state index in [0.717, 1.165) is 28.0 Å². The average molecular weight is 352 g/mol. The maximum absolute atomic E-state index is 13.7. The minimum absolute atomic E-state index is 0.279. The minimum atomic E-state index is -0.279. The predicted molar refractivity (Wildman–Crippen MR) is 83.5 cm³/mol. The van der Waals surface area contributed by atoms with Gasteiger partial charge in [-0.25, -0.2) is 4.39 Å². The van der Waals surface area contributed by atoms with Crippen molar-refractivity contribution in [1.29, 1.82) is 0 Å². The van der Waals surface area contributed by atoms with Crippen LogP contribution in [0.1, 0.15) is 12.0 Å². The van der Waals surface area contributed by atoms with E-state index in [1.165, 1.54) is 6.07 Å². The lowest BCUT2D eigenvalue weighted by molar-refractivity contribution is 0.297. The first-order chi connectivity index (χ1) is 10.2. The van der Waals surface area contributed by atoms with Gasteiger partial charge in [-0.05, 0) is 35.9 Å². The van der Waals surface area contributed by atoms with Crippen LogP contribution in [0, 0.1) is 5.82 Å². The topological polar surface area (TPSA) is 30.5 Å².